The first kappa shape index (κ1) is 17.3. The van der Waals surface area contributed by atoms with Crippen LogP contribution < -0.4 is 5.32 Å². The number of aromatic nitrogens is 2. The molecule has 9 heteroatoms. The fourth-order valence-corrected chi connectivity index (χ4v) is 4.76. The molecule has 0 aromatic carbocycles. The molecule has 2 heterocycles. The van der Waals surface area contributed by atoms with Gasteiger partial charge < -0.3 is 5.32 Å². The number of nitrogens with zero attached hydrogens (tertiary/aromatic N) is 3. The molecule has 1 N–H and O–H groups in total. The van der Waals surface area contributed by atoms with E-state index in [2.05, 4.69) is 15.5 Å². The van der Waals surface area contributed by atoms with E-state index in [1.54, 1.807) is 20.8 Å². The minimum absolute atomic E-state index is 0.0641. The lowest BCUT2D eigenvalue weighted by Gasteiger charge is -2.28. The molecule has 1 fully saturated rings. The molecule has 1 aromatic heterocycles. The van der Waals surface area contributed by atoms with Crippen LogP contribution in [0.15, 0.2) is 4.34 Å². The van der Waals surface area contributed by atoms with Crippen LogP contribution in [0.2, 0.25) is 0 Å². The molecular weight excluding hydrogens is 324 g/mol. The third kappa shape index (κ3) is 3.82. The van der Waals surface area contributed by atoms with Crippen LogP contribution in [0.1, 0.15) is 40.5 Å². The number of anilines is 1. The van der Waals surface area contributed by atoms with Gasteiger partial charge in [0.15, 0.2) is 0 Å². The predicted octanol–water partition coefficient (Wildman–Crippen LogP) is 1.94. The number of hydrogen-bond donors (Lipinski definition) is 1. The number of nitrogens with one attached hydrogen (secondary N) is 1. The van der Waals surface area contributed by atoms with E-state index in [1.807, 2.05) is 6.92 Å². The van der Waals surface area contributed by atoms with E-state index in [4.69, 9.17) is 0 Å². The highest BCUT2D eigenvalue weighted by Gasteiger charge is 2.32. The van der Waals surface area contributed by atoms with Crippen LogP contribution in [0, 0.1) is 11.3 Å². The van der Waals surface area contributed by atoms with Crippen molar-refractivity contribution in [3.63, 3.8) is 0 Å². The van der Waals surface area contributed by atoms with Gasteiger partial charge in [-0.3, -0.25) is 4.79 Å². The maximum atomic E-state index is 12.5. The Morgan fingerprint density at radius 2 is 2.05 bits per heavy atom. The van der Waals surface area contributed by atoms with Crippen molar-refractivity contribution in [3.8, 4) is 0 Å². The van der Waals surface area contributed by atoms with Crippen molar-refractivity contribution in [1.29, 1.82) is 0 Å². The molecule has 0 bridgehead atoms. The number of carbonyl (C=O) groups excluding carboxylic acids is 1. The van der Waals surface area contributed by atoms with E-state index in [9.17, 15) is 13.2 Å². The molecule has 0 unspecified atom stereocenters. The van der Waals surface area contributed by atoms with Gasteiger partial charge in [-0.05, 0) is 18.8 Å². The largest absolute Gasteiger partial charge is 0.300 e. The predicted molar refractivity (Wildman–Crippen MR) is 85.2 cm³/mol. The van der Waals surface area contributed by atoms with Gasteiger partial charge in [0.1, 0.15) is 0 Å². The Morgan fingerprint density at radius 1 is 1.36 bits per heavy atom. The smallest absolute Gasteiger partial charge is 0.272 e. The van der Waals surface area contributed by atoms with E-state index in [0.29, 0.717) is 19.0 Å². The highest BCUT2D eigenvalue weighted by atomic mass is 32.2. The quantitative estimate of drug-likeness (QED) is 0.845. The topological polar surface area (TPSA) is 92.3 Å². The van der Waals surface area contributed by atoms with E-state index in [-0.39, 0.29) is 15.4 Å². The Kier molecular flexibility index (Phi) is 4.88. The molecule has 1 atom stereocenters. The van der Waals surface area contributed by atoms with Gasteiger partial charge in [-0.1, -0.05) is 39.0 Å². The molecule has 124 valence electrons. The highest BCUT2D eigenvalue weighted by molar-refractivity contribution is 7.91. The molecule has 0 radical (unpaired) electrons. The zero-order valence-corrected chi connectivity index (χ0v) is 14.9. The van der Waals surface area contributed by atoms with Crippen LogP contribution >= 0.6 is 11.3 Å². The fraction of sp³-hybridized carbons (Fsp3) is 0.769. The van der Waals surface area contributed by atoms with Gasteiger partial charge >= 0.3 is 0 Å². The Hall–Kier alpha value is -1.06. The summed E-state index contributed by atoms with van der Waals surface area (Å²) >= 11 is 0.895. The lowest BCUT2D eigenvalue weighted by molar-refractivity contribution is -0.123. The SMILES string of the molecule is C[C@@H]1CCCN(S(=O)(=O)c2nnc(NC(=O)C(C)(C)C)s2)C1. The van der Waals surface area contributed by atoms with E-state index in [0.717, 1.165) is 24.2 Å². The van der Waals surface area contributed by atoms with Gasteiger partial charge in [0.25, 0.3) is 10.0 Å². The van der Waals surface area contributed by atoms with Crippen LogP contribution in [-0.4, -0.2) is 41.9 Å². The van der Waals surface area contributed by atoms with Crippen LogP contribution in [0.25, 0.3) is 0 Å². The van der Waals surface area contributed by atoms with Gasteiger partial charge in [-0.25, -0.2) is 8.42 Å². The first-order valence-electron chi connectivity index (χ1n) is 7.26. The summed E-state index contributed by atoms with van der Waals surface area (Å²) in [5.74, 6) is 0.121. The molecule has 0 saturated carbocycles. The highest BCUT2D eigenvalue weighted by Crippen LogP contribution is 2.28. The lowest BCUT2D eigenvalue weighted by Crippen LogP contribution is -2.39. The molecule has 7 nitrogen and oxygen atoms in total. The standard InChI is InChI=1S/C13H22N4O3S2/c1-9-6-5-7-17(8-9)22(19,20)12-16-15-11(21-12)14-10(18)13(2,3)4/h9H,5-8H2,1-4H3,(H,14,15,18)/t9-/m1/s1. The summed E-state index contributed by atoms with van der Waals surface area (Å²) in [6.45, 7) is 8.38. The van der Waals surface area contributed by atoms with Crippen molar-refractivity contribution in [3.05, 3.63) is 0 Å². The van der Waals surface area contributed by atoms with Crippen molar-refractivity contribution < 1.29 is 13.2 Å². The Labute approximate surface area is 135 Å². The second kappa shape index (κ2) is 6.21. The van der Waals surface area contributed by atoms with Crippen LogP contribution in [0.5, 0.6) is 0 Å². The molecular formula is C13H22N4O3S2. The Bertz CT molecular complexity index is 648. The maximum Gasteiger partial charge on any atom is 0.272 e. The summed E-state index contributed by atoms with van der Waals surface area (Å²) < 4.78 is 26.5. The zero-order valence-electron chi connectivity index (χ0n) is 13.3. The number of rotatable bonds is 3. The molecule has 0 spiro atoms. The number of amides is 1. The summed E-state index contributed by atoms with van der Waals surface area (Å²) in [6, 6.07) is 0. The second-order valence-electron chi connectivity index (χ2n) is 6.69. The first-order valence-corrected chi connectivity index (χ1v) is 9.51. The van der Waals surface area contributed by atoms with Crippen molar-refractivity contribution in [2.24, 2.45) is 11.3 Å². The lowest BCUT2D eigenvalue weighted by atomic mass is 9.96. The summed E-state index contributed by atoms with van der Waals surface area (Å²) in [5.41, 5.74) is -0.576. The molecule has 1 aromatic rings. The maximum absolute atomic E-state index is 12.5. The molecule has 1 aliphatic heterocycles. The van der Waals surface area contributed by atoms with Crippen LogP contribution in [0.3, 0.4) is 0 Å². The van der Waals surface area contributed by atoms with Gasteiger partial charge in [0.2, 0.25) is 15.4 Å². The Balaban J connectivity index is 2.15. The van der Waals surface area contributed by atoms with Crippen molar-refractivity contribution in [2.75, 3.05) is 18.4 Å². The average Bonchev–Trinajstić information content (AvgIpc) is 2.87. The normalized spacial score (nSPS) is 20.8. The van der Waals surface area contributed by atoms with Crippen LogP contribution in [0.4, 0.5) is 5.13 Å². The monoisotopic (exact) mass is 346 g/mol. The number of hydrogen-bond acceptors (Lipinski definition) is 6. The van der Waals surface area contributed by atoms with E-state index < -0.39 is 15.4 Å². The average molecular weight is 346 g/mol. The fourth-order valence-electron chi connectivity index (χ4n) is 2.12. The van der Waals surface area contributed by atoms with Gasteiger partial charge in [0, 0.05) is 18.5 Å². The molecule has 22 heavy (non-hydrogen) atoms. The second-order valence-corrected chi connectivity index (χ2v) is 9.78. The summed E-state index contributed by atoms with van der Waals surface area (Å²) in [6.07, 6.45) is 1.89. The van der Waals surface area contributed by atoms with Gasteiger partial charge in [0.05, 0.1) is 0 Å². The third-order valence-corrected chi connectivity index (χ3v) is 6.54. The summed E-state index contributed by atoms with van der Waals surface area (Å²) in [5, 5.41) is 10.3. The molecule has 0 aliphatic carbocycles. The van der Waals surface area contributed by atoms with Crippen molar-refractivity contribution >= 4 is 32.4 Å². The first-order chi connectivity index (χ1) is 10.1. The molecule has 1 aliphatic rings. The minimum Gasteiger partial charge on any atom is -0.300 e. The number of sulfonamides is 1. The van der Waals surface area contributed by atoms with Crippen molar-refractivity contribution in [1.82, 2.24) is 14.5 Å². The van der Waals surface area contributed by atoms with E-state index >= 15 is 0 Å². The van der Waals surface area contributed by atoms with Gasteiger partial charge in [-0.15, -0.1) is 10.2 Å². The van der Waals surface area contributed by atoms with Crippen LogP contribution in [-0.2, 0) is 14.8 Å². The molecule has 1 amide bonds. The van der Waals surface area contributed by atoms with E-state index in [1.165, 1.54) is 4.31 Å². The summed E-state index contributed by atoms with van der Waals surface area (Å²) in [7, 11) is -3.62. The zero-order chi connectivity index (χ0) is 16.5. The third-order valence-electron chi connectivity index (χ3n) is 3.49. The van der Waals surface area contributed by atoms with Crippen molar-refractivity contribution in [2.45, 2.75) is 44.9 Å². The number of carbonyl (C=O) groups is 1. The molecule has 2 rings (SSSR count). The Morgan fingerprint density at radius 3 is 2.64 bits per heavy atom. The number of piperidine rings is 1. The molecule has 1 saturated heterocycles. The minimum atomic E-state index is -3.62. The summed E-state index contributed by atoms with van der Waals surface area (Å²) in [4.78, 5) is 11.9. The van der Waals surface area contributed by atoms with Gasteiger partial charge in [-0.2, -0.15) is 4.31 Å².